The highest BCUT2D eigenvalue weighted by Crippen LogP contribution is 2.30. The molecule has 0 saturated heterocycles. The lowest BCUT2D eigenvalue weighted by Crippen LogP contribution is -2.32. The highest BCUT2D eigenvalue weighted by atomic mass is 16.5. The Morgan fingerprint density at radius 2 is 2.23 bits per heavy atom. The number of ether oxygens (including phenoxy) is 1. The number of nitrogens with one attached hydrogen (secondary N) is 3. The van der Waals surface area contributed by atoms with Crippen molar-refractivity contribution in [2.24, 2.45) is 0 Å². The molecular weight excluding hydrogens is 332 g/mol. The highest BCUT2D eigenvalue weighted by Gasteiger charge is 2.29. The van der Waals surface area contributed by atoms with Crippen LogP contribution >= 0.6 is 0 Å². The van der Waals surface area contributed by atoms with Gasteiger partial charge in [0.1, 0.15) is 0 Å². The third-order valence-corrected chi connectivity index (χ3v) is 5.00. The monoisotopic (exact) mass is 354 g/mol. The fourth-order valence-electron chi connectivity index (χ4n) is 3.70. The maximum absolute atomic E-state index is 12.6. The molecule has 0 radical (unpaired) electrons. The first kappa shape index (κ1) is 16.8. The molecule has 7 nitrogen and oxygen atoms in total. The molecule has 2 aliphatic heterocycles. The Hall–Kier alpha value is -2.67. The minimum absolute atomic E-state index is 0.0521. The Morgan fingerprint density at radius 1 is 1.38 bits per heavy atom. The van der Waals surface area contributed by atoms with Crippen molar-refractivity contribution in [3.63, 3.8) is 0 Å². The van der Waals surface area contributed by atoms with E-state index < -0.39 is 0 Å². The van der Waals surface area contributed by atoms with Crippen molar-refractivity contribution in [3.8, 4) is 0 Å². The van der Waals surface area contributed by atoms with Crippen LogP contribution in [-0.2, 0) is 24.1 Å². The summed E-state index contributed by atoms with van der Waals surface area (Å²) in [5.74, 6) is -0.269. The van der Waals surface area contributed by atoms with Gasteiger partial charge < -0.3 is 15.4 Å². The molecule has 0 unspecified atom stereocenters. The van der Waals surface area contributed by atoms with E-state index in [1.165, 1.54) is 0 Å². The zero-order valence-electron chi connectivity index (χ0n) is 14.9. The Balaban J connectivity index is 1.49. The Kier molecular flexibility index (Phi) is 4.24. The molecule has 26 heavy (non-hydrogen) atoms. The molecule has 0 fully saturated rings. The van der Waals surface area contributed by atoms with Gasteiger partial charge in [0.15, 0.2) is 5.69 Å². The van der Waals surface area contributed by atoms with Crippen LogP contribution in [-0.4, -0.2) is 34.7 Å². The van der Waals surface area contributed by atoms with E-state index in [0.717, 1.165) is 28.8 Å². The number of aromatic amines is 1. The minimum Gasteiger partial charge on any atom is -0.369 e. The number of fused-ring (bicyclic) bond motifs is 2. The van der Waals surface area contributed by atoms with Gasteiger partial charge in [-0.2, -0.15) is 5.10 Å². The van der Waals surface area contributed by atoms with E-state index >= 15 is 0 Å². The first-order valence-electron chi connectivity index (χ1n) is 8.93. The zero-order valence-corrected chi connectivity index (χ0v) is 14.9. The summed E-state index contributed by atoms with van der Waals surface area (Å²) in [6.07, 6.45) is 1.46. The van der Waals surface area contributed by atoms with Crippen molar-refractivity contribution in [2.75, 3.05) is 6.54 Å². The Morgan fingerprint density at radius 3 is 3.08 bits per heavy atom. The summed E-state index contributed by atoms with van der Waals surface area (Å²) in [7, 11) is 0. The molecule has 1 aromatic heterocycles. The van der Waals surface area contributed by atoms with E-state index in [4.69, 9.17) is 4.74 Å². The fraction of sp³-hybridized carbons (Fsp3) is 0.421. The maximum Gasteiger partial charge on any atom is 0.272 e. The average Bonchev–Trinajstić information content (AvgIpc) is 3.04. The number of benzene rings is 1. The largest absolute Gasteiger partial charge is 0.369 e. The molecule has 0 saturated carbocycles. The van der Waals surface area contributed by atoms with Crippen LogP contribution in [0.15, 0.2) is 18.2 Å². The lowest BCUT2D eigenvalue weighted by molar-refractivity contribution is -0.00697. The summed E-state index contributed by atoms with van der Waals surface area (Å²) in [5, 5.41) is 12.9. The summed E-state index contributed by atoms with van der Waals surface area (Å²) in [5.41, 5.74) is 4.87. The second kappa shape index (κ2) is 6.57. The van der Waals surface area contributed by atoms with E-state index in [-0.39, 0.29) is 24.0 Å². The van der Waals surface area contributed by atoms with Crippen LogP contribution in [0, 0.1) is 0 Å². The van der Waals surface area contributed by atoms with E-state index in [2.05, 4.69) is 20.8 Å². The van der Waals surface area contributed by atoms with Crippen LogP contribution in [0.4, 0.5) is 0 Å². The normalized spacial score (nSPS) is 21.5. The Labute approximate surface area is 151 Å². The average molecular weight is 354 g/mol. The predicted molar refractivity (Wildman–Crippen MR) is 94.9 cm³/mol. The molecule has 2 aromatic rings. The molecule has 0 bridgehead atoms. The van der Waals surface area contributed by atoms with E-state index in [1.807, 2.05) is 32.0 Å². The van der Waals surface area contributed by atoms with Gasteiger partial charge in [-0.25, -0.2) is 0 Å². The van der Waals surface area contributed by atoms with Crippen LogP contribution in [0.5, 0.6) is 0 Å². The van der Waals surface area contributed by atoms with Gasteiger partial charge in [-0.05, 0) is 37.5 Å². The lowest BCUT2D eigenvalue weighted by Gasteiger charge is -2.25. The number of rotatable bonds is 3. The number of hydrogen-bond donors (Lipinski definition) is 3. The van der Waals surface area contributed by atoms with Crippen LogP contribution in [0.1, 0.15) is 63.2 Å². The topological polar surface area (TPSA) is 96.1 Å². The molecule has 3 N–H and O–H groups in total. The lowest BCUT2D eigenvalue weighted by atomic mass is 9.97. The maximum atomic E-state index is 12.6. The first-order valence-corrected chi connectivity index (χ1v) is 8.93. The van der Waals surface area contributed by atoms with Crippen LogP contribution in [0.3, 0.4) is 0 Å². The molecule has 1 aromatic carbocycles. The summed E-state index contributed by atoms with van der Waals surface area (Å²) >= 11 is 0. The molecule has 2 aliphatic rings. The predicted octanol–water partition coefficient (Wildman–Crippen LogP) is 1.65. The van der Waals surface area contributed by atoms with Gasteiger partial charge >= 0.3 is 0 Å². The molecule has 0 aliphatic carbocycles. The molecule has 2 amide bonds. The second-order valence-corrected chi connectivity index (χ2v) is 6.94. The molecule has 4 rings (SSSR count). The summed E-state index contributed by atoms with van der Waals surface area (Å²) < 4.78 is 5.76. The van der Waals surface area contributed by atoms with Crippen molar-refractivity contribution >= 4 is 11.8 Å². The number of hydrogen-bond acceptors (Lipinski definition) is 4. The number of H-pyrrole nitrogens is 1. The molecule has 7 heteroatoms. The SMILES string of the molecule is C[C@@H]1Cc2c(C(=O)NCc3ccc4c(c3)C(=O)NCC4)n[nH]c2[C@H](C)O1. The van der Waals surface area contributed by atoms with Crippen molar-refractivity contribution < 1.29 is 14.3 Å². The quantitative estimate of drug-likeness (QED) is 0.781. The van der Waals surface area contributed by atoms with E-state index in [0.29, 0.717) is 30.8 Å². The van der Waals surface area contributed by atoms with Gasteiger partial charge in [-0.1, -0.05) is 12.1 Å². The number of aromatic nitrogens is 2. The first-order chi connectivity index (χ1) is 12.5. The number of carbonyl (C=O) groups is 2. The van der Waals surface area contributed by atoms with Crippen molar-refractivity contribution in [2.45, 2.75) is 45.4 Å². The summed E-state index contributed by atoms with van der Waals surface area (Å²) in [4.78, 5) is 24.6. The summed E-state index contributed by atoms with van der Waals surface area (Å²) in [6, 6.07) is 5.77. The number of amides is 2. The third kappa shape index (κ3) is 2.99. The van der Waals surface area contributed by atoms with Gasteiger partial charge in [0.05, 0.1) is 17.9 Å². The van der Waals surface area contributed by atoms with Crippen LogP contribution < -0.4 is 10.6 Å². The van der Waals surface area contributed by atoms with Crippen molar-refractivity contribution in [1.29, 1.82) is 0 Å². The van der Waals surface area contributed by atoms with Crippen LogP contribution in [0.25, 0.3) is 0 Å². The molecule has 0 spiro atoms. The molecular formula is C19H22N4O3. The highest BCUT2D eigenvalue weighted by molar-refractivity contribution is 5.97. The van der Waals surface area contributed by atoms with Gasteiger partial charge in [-0.15, -0.1) is 0 Å². The van der Waals surface area contributed by atoms with Gasteiger partial charge in [0.25, 0.3) is 11.8 Å². The van der Waals surface area contributed by atoms with Gasteiger partial charge in [0.2, 0.25) is 0 Å². The smallest absolute Gasteiger partial charge is 0.272 e. The fourth-order valence-corrected chi connectivity index (χ4v) is 3.70. The standard InChI is InChI=1S/C19H22N4O3/c1-10-7-15-16(11(2)26-10)22-23-17(15)19(25)21-9-12-3-4-13-5-6-20-18(24)14(13)8-12/h3-4,8,10-11H,5-7,9H2,1-2H3,(H,20,24)(H,21,25)(H,22,23)/t10-,11+/m1/s1. The van der Waals surface area contributed by atoms with Crippen molar-refractivity contribution in [3.05, 3.63) is 51.8 Å². The van der Waals surface area contributed by atoms with Crippen molar-refractivity contribution in [1.82, 2.24) is 20.8 Å². The summed E-state index contributed by atoms with van der Waals surface area (Å²) in [6.45, 7) is 4.97. The minimum atomic E-state index is -0.217. The molecule has 136 valence electrons. The second-order valence-electron chi connectivity index (χ2n) is 6.94. The van der Waals surface area contributed by atoms with Crippen LogP contribution in [0.2, 0.25) is 0 Å². The third-order valence-electron chi connectivity index (χ3n) is 5.00. The number of carbonyl (C=O) groups excluding carboxylic acids is 2. The zero-order chi connectivity index (χ0) is 18.3. The number of nitrogens with zero attached hydrogens (tertiary/aromatic N) is 1. The van der Waals surface area contributed by atoms with E-state index in [9.17, 15) is 9.59 Å². The van der Waals surface area contributed by atoms with Gasteiger partial charge in [-0.3, -0.25) is 14.7 Å². The molecule has 2 atom stereocenters. The van der Waals surface area contributed by atoms with Gasteiger partial charge in [0, 0.05) is 30.6 Å². The van der Waals surface area contributed by atoms with E-state index in [1.54, 1.807) is 0 Å². The molecule has 3 heterocycles. The Bertz CT molecular complexity index is 874.